The third-order valence-electron chi connectivity index (χ3n) is 16.8. The molecule has 0 aromatic rings. The Kier molecular flexibility index (Phi) is 61.3. The fraction of sp³-hybridized carbons (Fsp3) is 0.945. The van der Waals surface area contributed by atoms with Crippen molar-refractivity contribution in [1.29, 1.82) is 0 Å². The molecule has 0 bridgehead atoms. The number of carbonyl (C=O) groups excluding carboxylic acids is 4. The van der Waals surface area contributed by atoms with E-state index in [2.05, 4.69) is 55.4 Å². The first-order valence-corrected chi connectivity index (χ1v) is 40.7. The van der Waals surface area contributed by atoms with E-state index in [0.29, 0.717) is 31.6 Å². The molecule has 92 heavy (non-hydrogen) atoms. The van der Waals surface area contributed by atoms with Gasteiger partial charge in [0.1, 0.15) is 19.3 Å². The Morgan fingerprint density at radius 2 is 0.457 bits per heavy atom. The second kappa shape index (κ2) is 62.6. The number of aliphatic hydroxyl groups is 1. The van der Waals surface area contributed by atoms with Crippen LogP contribution in [0.4, 0.5) is 0 Å². The number of hydrogen-bond donors (Lipinski definition) is 3. The summed E-state index contributed by atoms with van der Waals surface area (Å²) in [6, 6.07) is 0. The molecule has 17 nitrogen and oxygen atoms in total. The summed E-state index contributed by atoms with van der Waals surface area (Å²) in [7, 11) is -9.91. The first-order valence-electron chi connectivity index (χ1n) is 37.7. The predicted octanol–water partition coefficient (Wildman–Crippen LogP) is 20.9. The molecule has 2 unspecified atom stereocenters. The van der Waals surface area contributed by atoms with E-state index in [-0.39, 0.29) is 25.7 Å². The molecule has 0 rings (SSSR count). The maximum atomic E-state index is 13.1. The SMILES string of the molecule is CC(C)CCCCCCCCCCCCCCCCC(=O)O[C@H](COC(=O)CCCCCCCCCCCCCC(C)C)COP(=O)(O)OC[C@@H](O)COP(=O)(O)OC[C@@H](COC(=O)CCCCCCCCC(C)C)OC(=O)CCCCCCCCCCCC(C)C. The molecule has 0 radical (unpaired) electrons. The van der Waals surface area contributed by atoms with Crippen LogP contribution in [0.3, 0.4) is 0 Å². The van der Waals surface area contributed by atoms with Crippen molar-refractivity contribution < 1.29 is 80.2 Å². The summed E-state index contributed by atoms with van der Waals surface area (Å²) in [5.74, 6) is 0.855. The Labute approximate surface area is 562 Å². The Hall–Kier alpha value is -1.94. The van der Waals surface area contributed by atoms with Crippen molar-refractivity contribution in [1.82, 2.24) is 0 Å². The van der Waals surface area contributed by atoms with Gasteiger partial charge in [-0.25, -0.2) is 9.13 Å². The summed E-state index contributed by atoms with van der Waals surface area (Å²) in [5.41, 5.74) is 0. The van der Waals surface area contributed by atoms with Crippen LogP contribution in [0, 0.1) is 23.7 Å². The van der Waals surface area contributed by atoms with Gasteiger partial charge in [-0.3, -0.25) is 37.3 Å². The van der Waals surface area contributed by atoms with Crippen LogP contribution in [0.2, 0.25) is 0 Å². The number of ether oxygens (including phenoxy) is 4. The van der Waals surface area contributed by atoms with Crippen LogP contribution in [-0.2, 0) is 65.4 Å². The summed E-state index contributed by atoms with van der Waals surface area (Å²) in [6.07, 6.45) is 46.0. The van der Waals surface area contributed by atoms with Gasteiger partial charge in [0, 0.05) is 25.7 Å². The standard InChI is InChI=1S/C73H142O17P2/c1-63(2)49-41-33-25-19-14-11-9-10-12-16-23-29-39-47-55-72(77)89-68(59-83-70(75)53-45-37-28-22-17-13-15-20-26-34-42-50-64(3)4)61-87-91(79,80)85-57-67(74)58-86-92(81,82)88-62-69(60-84-71(76)54-46-38-32-31-36-44-52-66(7)8)90-73(78)56-48-40-30-24-18-21-27-35-43-51-65(5)6/h63-69,74H,9-62H2,1-8H3,(H,79,80)(H,81,82)/t67-,68-,69-/m1/s1. The minimum atomic E-state index is -4.96. The maximum absolute atomic E-state index is 13.1. The molecule has 0 aliphatic heterocycles. The molecule has 0 heterocycles. The van der Waals surface area contributed by atoms with Gasteiger partial charge in [0.05, 0.1) is 26.4 Å². The Balaban J connectivity index is 5.24. The fourth-order valence-electron chi connectivity index (χ4n) is 11.0. The van der Waals surface area contributed by atoms with Gasteiger partial charge < -0.3 is 33.8 Å². The van der Waals surface area contributed by atoms with Crippen molar-refractivity contribution in [3.63, 3.8) is 0 Å². The van der Waals surface area contributed by atoms with E-state index in [1.165, 1.54) is 161 Å². The lowest BCUT2D eigenvalue weighted by molar-refractivity contribution is -0.161. The highest BCUT2D eigenvalue weighted by Crippen LogP contribution is 2.45. The first kappa shape index (κ1) is 90.1. The van der Waals surface area contributed by atoms with E-state index in [1.807, 2.05) is 0 Å². The topological polar surface area (TPSA) is 237 Å². The van der Waals surface area contributed by atoms with Gasteiger partial charge in [0.15, 0.2) is 12.2 Å². The van der Waals surface area contributed by atoms with Crippen molar-refractivity contribution in [3.8, 4) is 0 Å². The highest BCUT2D eigenvalue weighted by Gasteiger charge is 2.30. The molecule has 0 fully saturated rings. The number of esters is 4. The monoisotopic (exact) mass is 1350 g/mol. The first-order chi connectivity index (χ1) is 44.1. The zero-order valence-electron chi connectivity index (χ0n) is 60.2. The molecule has 0 aromatic carbocycles. The van der Waals surface area contributed by atoms with Gasteiger partial charge >= 0.3 is 39.5 Å². The van der Waals surface area contributed by atoms with Crippen LogP contribution >= 0.6 is 15.6 Å². The van der Waals surface area contributed by atoms with E-state index in [4.69, 9.17) is 37.0 Å². The van der Waals surface area contributed by atoms with Crippen molar-refractivity contribution in [2.75, 3.05) is 39.6 Å². The molecule has 3 N–H and O–H groups in total. The molecule has 0 saturated heterocycles. The zero-order valence-corrected chi connectivity index (χ0v) is 62.0. The molecule has 0 spiro atoms. The normalized spacial score (nSPS) is 14.2. The van der Waals surface area contributed by atoms with Gasteiger partial charge in [-0.1, -0.05) is 312 Å². The van der Waals surface area contributed by atoms with Crippen LogP contribution < -0.4 is 0 Å². The highest BCUT2D eigenvalue weighted by molar-refractivity contribution is 7.47. The average Bonchev–Trinajstić information content (AvgIpc) is 1.89. The summed E-state index contributed by atoms with van der Waals surface area (Å²) in [5, 5.41) is 10.6. The number of hydrogen-bond acceptors (Lipinski definition) is 15. The van der Waals surface area contributed by atoms with E-state index in [9.17, 15) is 43.2 Å². The molecule has 546 valence electrons. The van der Waals surface area contributed by atoms with Crippen LogP contribution in [0.5, 0.6) is 0 Å². The third kappa shape index (κ3) is 66.7. The molecule has 19 heteroatoms. The fourth-order valence-corrected chi connectivity index (χ4v) is 12.6. The zero-order chi connectivity index (χ0) is 68.2. The number of carbonyl (C=O) groups is 4. The Morgan fingerprint density at radius 1 is 0.272 bits per heavy atom. The van der Waals surface area contributed by atoms with Gasteiger partial charge in [0.25, 0.3) is 0 Å². The van der Waals surface area contributed by atoms with Gasteiger partial charge in [-0.2, -0.15) is 0 Å². The minimum Gasteiger partial charge on any atom is -0.462 e. The number of phosphoric acid groups is 2. The third-order valence-corrected chi connectivity index (χ3v) is 18.7. The lowest BCUT2D eigenvalue weighted by Crippen LogP contribution is -2.30. The summed E-state index contributed by atoms with van der Waals surface area (Å²) < 4.78 is 68.4. The largest absolute Gasteiger partial charge is 0.472 e. The van der Waals surface area contributed by atoms with Crippen molar-refractivity contribution in [2.45, 2.75) is 382 Å². The maximum Gasteiger partial charge on any atom is 0.472 e. The van der Waals surface area contributed by atoms with Gasteiger partial charge in [-0.15, -0.1) is 0 Å². The van der Waals surface area contributed by atoms with E-state index < -0.39 is 97.5 Å². The molecule has 0 aliphatic rings. The van der Waals surface area contributed by atoms with Crippen LogP contribution in [-0.4, -0.2) is 96.7 Å². The molecule has 5 atom stereocenters. The van der Waals surface area contributed by atoms with Crippen LogP contribution in [0.15, 0.2) is 0 Å². The van der Waals surface area contributed by atoms with E-state index in [1.54, 1.807) is 0 Å². The van der Waals surface area contributed by atoms with Crippen LogP contribution in [0.25, 0.3) is 0 Å². The van der Waals surface area contributed by atoms with Gasteiger partial charge in [-0.05, 0) is 49.4 Å². The molecular formula is C73H142O17P2. The molecule has 0 aromatic heterocycles. The summed E-state index contributed by atoms with van der Waals surface area (Å²) >= 11 is 0. The summed E-state index contributed by atoms with van der Waals surface area (Å²) in [4.78, 5) is 72.6. The number of phosphoric ester groups is 2. The average molecular weight is 1350 g/mol. The Morgan fingerprint density at radius 3 is 0.674 bits per heavy atom. The van der Waals surface area contributed by atoms with Crippen molar-refractivity contribution >= 4 is 39.5 Å². The van der Waals surface area contributed by atoms with Crippen molar-refractivity contribution in [3.05, 3.63) is 0 Å². The van der Waals surface area contributed by atoms with Crippen LogP contribution in [0.1, 0.15) is 364 Å². The van der Waals surface area contributed by atoms with Crippen molar-refractivity contribution in [2.24, 2.45) is 23.7 Å². The quantitative estimate of drug-likeness (QED) is 0.0222. The highest BCUT2D eigenvalue weighted by atomic mass is 31.2. The number of unbranched alkanes of at least 4 members (excludes halogenated alkanes) is 36. The smallest absolute Gasteiger partial charge is 0.462 e. The molecular weight excluding hydrogens is 1210 g/mol. The predicted molar refractivity (Wildman–Crippen MR) is 372 cm³/mol. The Bertz CT molecular complexity index is 1820. The van der Waals surface area contributed by atoms with E-state index >= 15 is 0 Å². The molecule has 0 saturated carbocycles. The minimum absolute atomic E-state index is 0.104. The van der Waals surface area contributed by atoms with E-state index in [0.717, 1.165) is 114 Å². The lowest BCUT2D eigenvalue weighted by atomic mass is 10.0. The second-order valence-electron chi connectivity index (χ2n) is 28.2. The number of aliphatic hydroxyl groups excluding tert-OH is 1. The number of rotatable bonds is 70. The van der Waals surface area contributed by atoms with Gasteiger partial charge in [0.2, 0.25) is 0 Å². The second-order valence-corrected chi connectivity index (χ2v) is 31.1. The lowest BCUT2D eigenvalue weighted by Gasteiger charge is -2.21. The summed E-state index contributed by atoms with van der Waals surface area (Å²) in [6.45, 7) is 14.1. The molecule has 0 aliphatic carbocycles. The molecule has 0 amide bonds.